The second-order valence-electron chi connectivity index (χ2n) is 11.8. The molecule has 3 aromatic rings. The van der Waals surface area contributed by atoms with Gasteiger partial charge in [-0.15, -0.1) is 0 Å². The van der Waals surface area contributed by atoms with Crippen molar-refractivity contribution in [1.29, 1.82) is 0 Å². The molecule has 42 heavy (non-hydrogen) atoms. The number of aliphatic carboxylic acids is 1. The number of piperidine rings is 1. The van der Waals surface area contributed by atoms with Gasteiger partial charge in [-0.1, -0.05) is 84.7 Å². The summed E-state index contributed by atoms with van der Waals surface area (Å²) in [5.74, 6) is -1.70. The van der Waals surface area contributed by atoms with Crippen molar-refractivity contribution in [1.82, 2.24) is 9.62 Å². The number of benzene rings is 3. The van der Waals surface area contributed by atoms with Crippen molar-refractivity contribution < 1.29 is 23.1 Å². The Kier molecular flexibility index (Phi) is 8.99. The summed E-state index contributed by atoms with van der Waals surface area (Å²) in [6.07, 6.45) is 1.91. The molecular weight excluding hydrogens is 595 g/mol. The minimum Gasteiger partial charge on any atom is -0.481 e. The fraction of sp³-hybridized carbons (Fsp3) is 0.375. The molecule has 0 radical (unpaired) electrons. The lowest BCUT2D eigenvalue weighted by atomic mass is 9.66. The van der Waals surface area contributed by atoms with Gasteiger partial charge in [0.05, 0.1) is 17.4 Å². The molecule has 222 valence electrons. The van der Waals surface area contributed by atoms with Gasteiger partial charge in [0.15, 0.2) is 0 Å². The van der Waals surface area contributed by atoms with Gasteiger partial charge in [-0.3, -0.25) is 9.59 Å². The SMILES string of the molecule is C[C@@]1(CC(=O)O)C[C@H](c2cccc(Cl)c2)[C@H](C[C@@](c2ccc(Cl)cc2)(C2CC2)N(Cc2ccccc2)[SH](=O)=O)NC1=O. The molecule has 2 aliphatic rings. The molecule has 1 heterocycles. The van der Waals surface area contributed by atoms with Crippen LogP contribution in [0.15, 0.2) is 78.9 Å². The molecule has 0 spiro atoms. The zero-order valence-electron chi connectivity index (χ0n) is 23.2. The van der Waals surface area contributed by atoms with E-state index < -0.39 is 33.9 Å². The van der Waals surface area contributed by atoms with Crippen molar-refractivity contribution in [3.05, 3.63) is 106 Å². The van der Waals surface area contributed by atoms with Crippen LogP contribution in [0.3, 0.4) is 0 Å². The summed E-state index contributed by atoms with van der Waals surface area (Å²) in [6, 6.07) is 23.6. The summed E-state index contributed by atoms with van der Waals surface area (Å²) in [6.45, 7) is 1.84. The largest absolute Gasteiger partial charge is 0.481 e. The maximum atomic E-state index is 13.6. The Bertz CT molecular complexity index is 1520. The number of nitrogens with zero attached hydrogens (tertiary/aromatic N) is 1. The van der Waals surface area contributed by atoms with Crippen molar-refractivity contribution >= 4 is 46.0 Å². The van der Waals surface area contributed by atoms with Crippen LogP contribution in [0.25, 0.3) is 0 Å². The van der Waals surface area contributed by atoms with Crippen LogP contribution in [-0.4, -0.2) is 35.7 Å². The van der Waals surface area contributed by atoms with Gasteiger partial charge in [-0.2, -0.15) is 4.31 Å². The number of hydrogen-bond donors (Lipinski definition) is 3. The van der Waals surface area contributed by atoms with Crippen LogP contribution < -0.4 is 5.32 Å². The molecule has 2 fully saturated rings. The van der Waals surface area contributed by atoms with Gasteiger partial charge < -0.3 is 10.4 Å². The highest BCUT2D eigenvalue weighted by molar-refractivity contribution is 7.69. The van der Waals surface area contributed by atoms with Crippen molar-refractivity contribution in [2.24, 2.45) is 11.3 Å². The van der Waals surface area contributed by atoms with Crippen molar-refractivity contribution in [2.75, 3.05) is 0 Å². The average molecular weight is 630 g/mol. The Balaban J connectivity index is 1.65. The molecule has 1 aliphatic carbocycles. The number of halogens is 2. The number of carboxylic acid groups (broad SMARTS) is 1. The summed E-state index contributed by atoms with van der Waals surface area (Å²) in [4.78, 5) is 25.4. The lowest BCUT2D eigenvalue weighted by Crippen LogP contribution is -2.58. The van der Waals surface area contributed by atoms with Gasteiger partial charge in [-0.05, 0) is 72.6 Å². The maximum absolute atomic E-state index is 13.6. The van der Waals surface area contributed by atoms with Crippen LogP contribution in [0.4, 0.5) is 0 Å². The molecule has 3 aromatic carbocycles. The first kappa shape index (κ1) is 30.5. The highest BCUT2D eigenvalue weighted by Gasteiger charge is 2.55. The van der Waals surface area contributed by atoms with E-state index in [-0.39, 0.29) is 37.1 Å². The van der Waals surface area contributed by atoms with E-state index in [2.05, 4.69) is 5.32 Å². The average Bonchev–Trinajstić information content (AvgIpc) is 3.79. The van der Waals surface area contributed by atoms with E-state index in [9.17, 15) is 23.1 Å². The third-order valence-electron chi connectivity index (χ3n) is 8.80. The quantitative estimate of drug-likeness (QED) is 0.220. The van der Waals surface area contributed by atoms with Crippen LogP contribution >= 0.6 is 23.2 Å². The molecule has 4 atom stereocenters. The van der Waals surface area contributed by atoms with E-state index in [4.69, 9.17) is 23.2 Å². The van der Waals surface area contributed by atoms with Gasteiger partial charge in [0, 0.05) is 28.5 Å². The van der Waals surface area contributed by atoms with Crippen LogP contribution in [-0.2, 0) is 32.6 Å². The number of carboxylic acids is 1. The first-order valence-electron chi connectivity index (χ1n) is 14.0. The first-order valence-corrected chi connectivity index (χ1v) is 15.9. The van der Waals surface area contributed by atoms with E-state index in [1.54, 1.807) is 29.4 Å². The smallest absolute Gasteiger partial charge is 0.304 e. The molecule has 1 amide bonds. The van der Waals surface area contributed by atoms with E-state index in [0.717, 1.165) is 29.5 Å². The Labute approximate surface area is 257 Å². The Hall–Kier alpha value is -2.91. The molecule has 0 bridgehead atoms. The Morgan fingerprint density at radius 2 is 1.71 bits per heavy atom. The third kappa shape index (κ3) is 6.37. The summed E-state index contributed by atoms with van der Waals surface area (Å²) in [5.41, 5.74) is 0.397. The minimum atomic E-state index is -3.05. The number of nitrogens with one attached hydrogen (secondary N) is 1. The fourth-order valence-electron chi connectivity index (χ4n) is 6.65. The molecular formula is C32H34Cl2N2O5S. The van der Waals surface area contributed by atoms with E-state index in [0.29, 0.717) is 16.5 Å². The number of hydrogen-bond acceptors (Lipinski definition) is 4. The van der Waals surface area contributed by atoms with Crippen molar-refractivity contribution in [2.45, 2.75) is 63.1 Å². The first-order chi connectivity index (χ1) is 20.0. The molecule has 7 nitrogen and oxygen atoms in total. The predicted molar refractivity (Wildman–Crippen MR) is 164 cm³/mol. The monoisotopic (exact) mass is 628 g/mol. The Morgan fingerprint density at radius 3 is 2.31 bits per heavy atom. The van der Waals surface area contributed by atoms with Crippen LogP contribution in [0.2, 0.25) is 10.0 Å². The number of amides is 1. The lowest BCUT2D eigenvalue weighted by molar-refractivity contribution is -0.147. The van der Waals surface area contributed by atoms with Crippen molar-refractivity contribution in [3.8, 4) is 0 Å². The van der Waals surface area contributed by atoms with Gasteiger partial charge in [0.2, 0.25) is 16.8 Å². The number of carbonyl (C=O) groups is 2. The zero-order chi connectivity index (χ0) is 30.1. The minimum absolute atomic E-state index is 0.0135. The summed E-state index contributed by atoms with van der Waals surface area (Å²) >= 11 is 12.7. The topological polar surface area (TPSA) is 104 Å². The molecule has 1 saturated carbocycles. The molecule has 5 rings (SSSR count). The molecule has 2 N–H and O–H groups in total. The number of thiol groups is 1. The second kappa shape index (κ2) is 12.4. The van der Waals surface area contributed by atoms with Crippen LogP contribution in [0.5, 0.6) is 0 Å². The summed E-state index contributed by atoms with van der Waals surface area (Å²) in [7, 11) is -3.05. The standard InChI is InChI=1S/C32H34Cl2N2O5S/c1-31(19-29(37)38)17-27(22-8-5-9-26(34)16-22)28(35-30(31)39)18-32(23-10-11-23,24-12-14-25(33)15-13-24)36(42(40)41)20-21-6-3-2-4-7-21/h2-9,12-16,23,27-28,42H,10-11,17-20H2,1H3,(H,35,39)(H,37,38)/t27-,28+,31+,32+/m1/s1. The lowest BCUT2D eigenvalue weighted by Gasteiger charge is -2.49. The zero-order valence-corrected chi connectivity index (χ0v) is 25.6. The highest BCUT2D eigenvalue weighted by Crippen LogP contribution is 2.55. The molecule has 0 aromatic heterocycles. The summed E-state index contributed by atoms with van der Waals surface area (Å²) < 4.78 is 28.0. The number of carbonyl (C=O) groups excluding carboxylic acids is 1. The summed E-state index contributed by atoms with van der Waals surface area (Å²) in [5, 5.41) is 13.9. The molecule has 1 saturated heterocycles. The third-order valence-corrected chi connectivity index (χ3v) is 10.2. The van der Waals surface area contributed by atoms with Gasteiger partial charge in [0.25, 0.3) is 0 Å². The van der Waals surface area contributed by atoms with Gasteiger partial charge >= 0.3 is 5.97 Å². The van der Waals surface area contributed by atoms with Gasteiger partial charge in [-0.25, -0.2) is 8.42 Å². The number of rotatable bonds is 11. The normalized spacial score (nSPS) is 23.9. The van der Waals surface area contributed by atoms with Crippen LogP contribution in [0, 0.1) is 11.3 Å². The molecule has 10 heteroatoms. The predicted octanol–water partition coefficient (Wildman–Crippen LogP) is 6.17. The van der Waals surface area contributed by atoms with Crippen molar-refractivity contribution in [3.63, 3.8) is 0 Å². The molecule has 1 aliphatic heterocycles. The maximum Gasteiger partial charge on any atom is 0.304 e. The van der Waals surface area contributed by atoms with Gasteiger partial charge in [0.1, 0.15) is 0 Å². The fourth-order valence-corrected chi connectivity index (χ4v) is 7.91. The van der Waals surface area contributed by atoms with E-state index in [1.807, 2.05) is 60.7 Å². The Morgan fingerprint density at radius 1 is 1.02 bits per heavy atom. The van der Waals surface area contributed by atoms with E-state index in [1.165, 1.54) is 0 Å². The highest BCUT2D eigenvalue weighted by atomic mass is 35.5. The van der Waals surface area contributed by atoms with Crippen LogP contribution in [0.1, 0.15) is 61.6 Å². The van der Waals surface area contributed by atoms with E-state index >= 15 is 0 Å². The molecule has 0 unspecified atom stereocenters. The second-order valence-corrected chi connectivity index (χ2v) is 13.6.